The number of hydrogen-bond donors (Lipinski definition) is 3. The number of aliphatic carboxylic acids is 2. The second-order valence-electron chi connectivity index (χ2n) is 3.96. The van der Waals surface area contributed by atoms with Crippen molar-refractivity contribution in [2.24, 2.45) is 0 Å². The van der Waals surface area contributed by atoms with Crippen molar-refractivity contribution in [3.63, 3.8) is 0 Å². The summed E-state index contributed by atoms with van der Waals surface area (Å²) in [5, 5.41) is 17.4. The first-order valence-corrected chi connectivity index (χ1v) is 7.06. The standard InChI is InChI=1S/C9H16N2O7S/c12-8(13)2-1-7(9(14)15)10-19(16,17)11-3-5-18-6-4-11/h7,10H,1-6H2,(H,12,13)(H,14,15). The SMILES string of the molecule is O=C(O)CCC(NS(=O)(=O)N1CCOCC1)C(=O)O. The molecular weight excluding hydrogens is 280 g/mol. The normalized spacial score (nSPS) is 18.9. The average Bonchev–Trinajstić information content (AvgIpc) is 2.35. The molecule has 19 heavy (non-hydrogen) atoms. The van der Waals surface area contributed by atoms with Gasteiger partial charge in [-0.15, -0.1) is 0 Å². The second-order valence-corrected chi connectivity index (χ2v) is 5.66. The molecule has 1 heterocycles. The van der Waals surface area contributed by atoms with Crippen molar-refractivity contribution in [2.45, 2.75) is 18.9 Å². The lowest BCUT2D eigenvalue weighted by molar-refractivity contribution is -0.140. The molecule has 1 aliphatic rings. The van der Waals surface area contributed by atoms with E-state index >= 15 is 0 Å². The molecule has 9 nitrogen and oxygen atoms in total. The van der Waals surface area contributed by atoms with Crippen LogP contribution in [0.2, 0.25) is 0 Å². The van der Waals surface area contributed by atoms with E-state index in [1.807, 2.05) is 4.72 Å². The second kappa shape index (κ2) is 6.80. The maximum Gasteiger partial charge on any atom is 0.321 e. The fourth-order valence-electron chi connectivity index (χ4n) is 1.54. The lowest BCUT2D eigenvalue weighted by Crippen LogP contribution is -2.51. The van der Waals surface area contributed by atoms with Crippen LogP contribution in [0.4, 0.5) is 0 Å². The Kier molecular flexibility index (Phi) is 5.66. The maximum atomic E-state index is 11.9. The molecule has 1 unspecified atom stereocenters. The molecule has 110 valence electrons. The Balaban J connectivity index is 2.65. The summed E-state index contributed by atoms with van der Waals surface area (Å²) in [4.78, 5) is 21.3. The van der Waals surface area contributed by atoms with Gasteiger partial charge < -0.3 is 14.9 Å². The van der Waals surface area contributed by atoms with E-state index in [1.165, 1.54) is 0 Å². The topological polar surface area (TPSA) is 133 Å². The van der Waals surface area contributed by atoms with Crippen molar-refractivity contribution in [1.29, 1.82) is 0 Å². The van der Waals surface area contributed by atoms with Crippen molar-refractivity contribution in [2.75, 3.05) is 26.3 Å². The van der Waals surface area contributed by atoms with Gasteiger partial charge in [0.25, 0.3) is 10.2 Å². The number of carbonyl (C=O) groups is 2. The zero-order valence-electron chi connectivity index (χ0n) is 10.1. The summed E-state index contributed by atoms with van der Waals surface area (Å²) in [5.74, 6) is -2.59. The van der Waals surface area contributed by atoms with Gasteiger partial charge in [0.15, 0.2) is 0 Å². The molecule has 0 aromatic rings. The van der Waals surface area contributed by atoms with E-state index in [0.29, 0.717) is 0 Å². The Hall–Kier alpha value is -1.23. The quantitative estimate of drug-likeness (QED) is 0.519. The van der Waals surface area contributed by atoms with Gasteiger partial charge in [-0.25, -0.2) is 0 Å². The predicted octanol–water partition coefficient (Wildman–Crippen LogP) is -1.53. The van der Waals surface area contributed by atoms with Crippen LogP contribution < -0.4 is 4.72 Å². The highest BCUT2D eigenvalue weighted by molar-refractivity contribution is 7.87. The lowest BCUT2D eigenvalue weighted by atomic mass is 10.2. The van der Waals surface area contributed by atoms with E-state index in [9.17, 15) is 18.0 Å². The zero-order chi connectivity index (χ0) is 14.5. The molecule has 1 fully saturated rings. The number of ether oxygens (including phenoxy) is 1. The molecule has 1 atom stereocenters. The first-order valence-electron chi connectivity index (χ1n) is 5.62. The lowest BCUT2D eigenvalue weighted by Gasteiger charge is -2.27. The van der Waals surface area contributed by atoms with Crippen LogP contribution in [0.5, 0.6) is 0 Å². The van der Waals surface area contributed by atoms with Crippen LogP contribution in [0, 0.1) is 0 Å². The number of nitrogens with one attached hydrogen (secondary N) is 1. The first-order chi connectivity index (χ1) is 8.83. The average molecular weight is 296 g/mol. The fourth-order valence-corrected chi connectivity index (χ4v) is 2.90. The molecule has 10 heteroatoms. The molecule has 0 amide bonds. The Morgan fingerprint density at radius 3 is 2.32 bits per heavy atom. The smallest absolute Gasteiger partial charge is 0.321 e. The molecule has 0 aliphatic carbocycles. The number of carboxylic acids is 2. The van der Waals surface area contributed by atoms with E-state index in [1.54, 1.807) is 0 Å². The molecule has 0 radical (unpaired) electrons. The minimum absolute atomic E-state index is 0.139. The molecular formula is C9H16N2O7S. The summed E-state index contributed by atoms with van der Waals surface area (Å²) in [6.07, 6.45) is -0.739. The van der Waals surface area contributed by atoms with Gasteiger partial charge >= 0.3 is 11.9 Å². The summed E-state index contributed by atoms with van der Waals surface area (Å²) in [7, 11) is -3.95. The van der Waals surface area contributed by atoms with Gasteiger partial charge in [-0.05, 0) is 6.42 Å². The monoisotopic (exact) mass is 296 g/mol. The van der Waals surface area contributed by atoms with E-state index < -0.39 is 34.6 Å². The third-order valence-electron chi connectivity index (χ3n) is 2.55. The van der Waals surface area contributed by atoms with Gasteiger partial charge in [0.05, 0.1) is 13.2 Å². The minimum atomic E-state index is -3.95. The molecule has 3 N–H and O–H groups in total. The van der Waals surface area contributed by atoms with Crippen LogP contribution >= 0.6 is 0 Å². The van der Waals surface area contributed by atoms with Gasteiger partial charge in [-0.2, -0.15) is 17.4 Å². The van der Waals surface area contributed by atoms with E-state index in [0.717, 1.165) is 4.31 Å². The Labute approximate surface area is 110 Å². The summed E-state index contributed by atoms with van der Waals surface area (Å²) < 4.78 is 31.9. The third-order valence-corrected chi connectivity index (χ3v) is 4.17. The highest BCUT2D eigenvalue weighted by atomic mass is 32.2. The fraction of sp³-hybridized carbons (Fsp3) is 0.778. The number of carboxylic acid groups (broad SMARTS) is 2. The zero-order valence-corrected chi connectivity index (χ0v) is 10.9. The van der Waals surface area contributed by atoms with E-state index in [-0.39, 0.29) is 32.7 Å². The van der Waals surface area contributed by atoms with Gasteiger partial charge in [0.1, 0.15) is 6.04 Å². The third kappa shape index (κ3) is 5.11. The maximum absolute atomic E-state index is 11.9. The van der Waals surface area contributed by atoms with Crippen molar-refractivity contribution >= 4 is 22.1 Å². The number of hydrogen-bond acceptors (Lipinski definition) is 5. The van der Waals surface area contributed by atoms with Crippen LogP contribution in [0.1, 0.15) is 12.8 Å². The van der Waals surface area contributed by atoms with Crippen molar-refractivity contribution in [3.05, 3.63) is 0 Å². The molecule has 0 bridgehead atoms. The largest absolute Gasteiger partial charge is 0.481 e. The summed E-state index contributed by atoms with van der Waals surface area (Å²) in [5.41, 5.74) is 0. The molecule has 0 aromatic heterocycles. The van der Waals surface area contributed by atoms with Gasteiger partial charge in [-0.1, -0.05) is 0 Å². The van der Waals surface area contributed by atoms with Gasteiger partial charge in [0, 0.05) is 19.5 Å². The minimum Gasteiger partial charge on any atom is -0.481 e. The van der Waals surface area contributed by atoms with Crippen LogP contribution in [0.15, 0.2) is 0 Å². The molecule has 0 spiro atoms. The van der Waals surface area contributed by atoms with Crippen LogP contribution in [0.3, 0.4) is 0 Å². The number of nitrogens with zero attached hydrogens (tertiary/aromatic N) is 1. The highest BCUT2D eigenvalue weighted by Crippen LogP contribution is 2.06. The highest BCUT2D eigenvalue weighted by Gasteiger charge is 2.30. The predicted molar refractivity (Wildman–Crippen MR) is 62.7 cm³/mol. The van der Waals surface area contributed by atoms with Crippen LogP contribution in [-0.2, 0) is 24.5 Å². The van der Waals surface area contributed by atoms with E-state index in [4.69, 9.17) is 14.9 Å². The van der Waals surface area contributed by atoms with Gasteiger partial charge in [0.2, 0.25) is 0 Å². The Morgan fingerprint density at radius 1 is 1.26 bits per heavy atom. The van der Waals surface area contributed by atoms with Crippen LogP contribution in [0.25, 0.3) is 0 Å². The first kappa shape index (κ1) is 15.8. The molecule has 1 saturated heterocycles. The molecule has 1 aliphatic heterocycles. The van der Waals surface area contributed by atoms with Crippen LogP contribution in [-0.4, -0.2) is 67.2 Å². The van der Waals surface area contributed by atoms with Crippen molar-refractivity contribution in [3.8, 4) is 0 Å². The summed E-state index contributed by atoms with van der Waals surface area (Å²) in [6, 6.07) is -1.45. The Bertz CT molecular complexity index is 430. The molecule has 1 rings (SSSR count). The summed E-state index contributed by atoms with van der Waals surface area (Å²) >= 11 is 0. The van der Waals surface area contributed by atoms with E-state index in [2.05, 4.69) is 0 Å². The van der Waals surface area contributed by atoms with Crippen molar-refractivity contribution < 1.29 is 33.0 Å². The van der Waals surface area contributed by atoms with Crippen molar-refractivity contribution in [1.82, 2.24) is 9.03 Å². The summed E-state index contributed by atoms with van der Waals surface area (Å²) in [6.45, 7) is 0.767. The Morgan fingerprint density at radius 2 is 1.84 bits per heavy atom. The molecule has 0 aromatic carbocycles. The number of rotatable bonds is 7. The van der Waals surface area contributed by atoms with Gasteiger partial charge in [-0.3, -0.25) is 9.59 Å². The number of morpholine rings is 1. The molecule has 0 saturated carbocycles.